The van der Waals surface area contributed by atoms with Gasteiger partial charge in [-0.25, -0.2) is 9.97 Å². The summed E-state index contributed by atoms with van der Waals surface area (Å²) in [5, 5.41) is 1.28. The van der Waals surface area contributed by atoms with Gasteiger partial charge in [0.25, 0.3) is 5.91 Å². The number of carbonyl (C=O) groups is 3. The van der Waals surface area contributed by atoms with E-state index in [0.717, 1.165) is 16.3 Å². The first-order chi connectivity index (χ1) is 14.4. The van der Waals surface area contributed by atoms with Crippen LogP contribution in [0.3, 0.4) is 0 Å². The summed E-state index contributed by atoms with van der Waals surface area (Å²) < 4.78 is 0. The average Bonchev–Trinajstić information content (AvgIpc) is 3.13. The number of carbonyl (C=O) groups excluding carboxylic acids is 3. The van der Waals surface area contributed by atoms with Gasteiger partial charge < -0.3 is 16.5 Å². The van der Waals surface area contributed by atoms with E-state index >= 15 is 0 Å². The van der Waals surface area contributed by atoms with E-state index in [4.69, 9.17) is 23.1 Å². The third kappa shape index (κ3) is 2.44. The molecule has 0 radical (unpaired) electrons. The minimum atomic E-state index is -0.702. The van der Waals surface area contributed by atoms with Gasteiger partial charge in [-0.2, -0.15) is 0 Å². The Morgan fingerprint density at radius 2 is 1.73 bits per heavy atom. The number of aromatic nitrogens is 3. The van der Waals surface area contributed by atoms with Crippen LogP contribution in [0.4, 0.5) is 0 Å². The number of rotatable bonds is 2. The molecule has 1 aromatic carbocycles. The van der Waals surface area contributed by atoms with Crippen LogP contribution in [0.15, 0.2) is 53.2 Å². The van der Waals surface area contributed by atoms with Crippen molar-refractivity contribution in [2.24, 2.45) is 11.5 Å². The van der Waals surface area contributed by atoms with E-state index in [1.54, 1.807) is 6.07 Å². The van der Waals surface area contributed by atoms with E-state index in [9.17, 15) is 14.4 Å². The SMILES string of the molecule is NC(=O)c1cc2c([nH]c3ccccc32)c(-c2ccc3c(n2)C(=O)C(N)=C(Cl)C3=O)n1. The van der Waals surface area contributed by atoms with Gasteiger partial charge >= 0.3 is 0 Å². The number of ketones is 2. The number of para-hydroxylation sites is 1. The largest absolute Gasteiger partial charge is 0.394 e. The van der Waals surface area contributed by atoms with E-state index in [2.05, 4.69) is 15.0 Å². The Morgan fingerprint density at radius 3 is 2.50 bits per heavy atom. The van der Waals surface area contributed by atoms with E-state index in [0.29, 0.717) is 11.2 Å². The first kappa shape index (κ1) is 18.0. The molecule has 1 aliphatic carbocycles. The van der Waals surface area contributed by atoms with Crippen LogP contribution in [-0.4, -0.2) is 32.4 Å². The topological polar surface area (TPSA) is 145 Å². The number of halogens is 1. The second-order valence-corrected chi connectivity index (χ2v) is 7.17. The zero-order chi connectivity index (χ0) is 21.2. The molecule has 4 aromatic rings. The van der Waals surface area contributed by atoms with Gasteiger partial charge in [0, 0.05) is 16.3 Å². The van der Waals surface area contributed by atoms with Crippen molar-refractivity contribution in [3.05, 3.63) is 70.1 Å². The summed E-state index contributed by atoms with van der Waals surface area (Å²) in [4.78, 5) is 48.8. The predicted octanol–water partition coefficient (Wildman–Crippen LogP) is 2.67. The number of H-pyrrole nitrogens is 1. The molecule has 146 valence electrons. The molecule has 8 nitrogen and oxygen atoms in total. The van der Waals surface area contributed by atoms with Crippen LogP contribution in [0.1, 0.15) is 31.3 Å². The normalized spacial score (nSPS) is 13.9. The first-order valence-corrected chi connectivity index (χ1v) is 9.22. The number of pyridine rings is 2. The molecular weight excluding hydrogens is 406 g/mol. The van der Waals surface area contributed by atoms with Crippen molar-refractivity contribution in [2.45, 2.75) is 0 Å². The highest BCUT2D eigenvalue weighted by atomic mass is 35.5. The highest BCUT2D eigenvalue weighted by Gasteiger charge is 2.32. The molecule has 30 heavy (non-hydrogen) atoms. The summed E-state index contributed by atoms with van der Waals surface area (Å²) in [6.45, 7) is 0. The highest BCUT2D eigenvalue weighted by Crippen LogP contribution is 2.33. The molecule has 9 heteroatoms. The van der Waals surface area contributed by atoms with Crippen LogP contribution in [-0.2, 0) is 0 Å². The van der Waals surface area contributed by atoms with E-state index in [1.165, 1.54) is 12.1 Å². The molecule has 5 rings (SSSR count). The number of fused-ring (bicyclic) bond motifs is 4. The van der Waals surface area contributed by atoms with Crippen LogP contribution in [0, 0.1) is 0 Å². The summed E-state index contributed by atoms with van der Waals surface area (Å²) in [7, 11) is 0. The molecule has 0 atom stereocenters. The minimum Gasteiger partial charge on any atom is -0.394 e. The lowest BCUT2D eigenvalue weighted by atomic mass is 9.96. The van der Waals surface area contributed by atoms with Gasteiger partial charge in [0.05, 0.1) is 16.8 Å². The first-order valence-electron chi connectivity index (χ1n) is 8.84. The fourth-order valence-electron chi connectivity index (χ4n) is 3.57. The number of aromatic amines is 1. The van der Waals surface area contributed by atoms with Gasteiger partial charge in [0.2, 0.25) is 11.6 Å². The number of allylic oxidation sites excluding steroid dienone is 2. The number of primary amides is 1. The molecule has 0 bridgehead atoms. The molecule has 0 aliphatic heterocycles. The quantitative estimate of drug-likeness (QED) is 0.457. The van der Waals surface area contributed by atoms with Gasteiger partial charge in [0.1, 0.15) is 27.8 Å². The standard InChI is InChI=1S/C21H12ClN5O3/c22-14-15(23)20(29)17-9(19(14)28)5-6-12(26-17)18-16-10(7-13(27-18)21(24)30)8-3-1-2-4-11(8)25-16/h1-7,25H,23H2,(H2,24,30). The molecule has 0 fully saturated rings. The molecular formula is C21H12ClN5O3. The van der Waals surface area contributed by atoms with Crippen molar-refractivity contribution in [2.75, 3.05) is 0 Å². The van der Waals surface area contributed by atoms with Gasteiger partial charge in [-0.05, 0) is 24.3 Å². The Morgan fingerprint density at radius 1 is 0.967 bits per heavy atom. The maximum absolute atomic E-state index is 12.6. The summed E-state index contributed by atoms with van der Waals surface area (Å²) in [6, 6.07) is 12.1. The smallest absolute Gasteiger partial charge is 0.267 e. The van der Waals surface area contributed by atoms with Gasteiger partial charge in [-0.1, -0.05) is 29.8 Å². The summed E-state index contributed by atoms with van der Waals surface area (Å²) >= 11 is 5.86. The van der Waals surface area contributed by atoms with E-state index < -0.39 is 17.5 Å². The molecule has 0 spiro atoms. The van der Waals surface area contributed by atoms with Crippen molar-refractivity contribution < 1.29 is 14.4 Å². The summed E-state index contributed by atoms with van der Waals surface area (Å²) in [5.41, 5.74) is 12.8. The molecule has 3 heterocycles. The molecule has 1 aliphatic rings. The number of nitrogens with one attached hydrogen (secondary N) is 1. The van der Waals surface area contributed by atoms with Crippen LogP contribution in [0.5, 0.6) is 0 Å². The number of Topliss-reactive ketones (excluding diaryl/α,β-unsaturated/α-hetero) is 2. The Balaban J connectivity index is 1.82. The fraction of sp³-hybridized carbons (Fsp3) is 0. The zero-order valence-corrected chi connectivity index (χ0v) is 15.9. The average molecular weight is 418 g/mol. The molecule has 0 saturated carbocycles. The molecule has 1 amide bonds. The number of hydrogen-bond donors (Lipinski definition) is 3. The number of hydrogen-bond acceptors (Lipinski definition) is 6. The highest BCUT2D eigenvalue weighted by molar-refractivity contribution is 6.49. The monoisotopic (exact) mass is 417 g/mol. The van der Waals surface area contributed by atoms with Gasteiger partial charge in [-0.3, -0.25) is 14.4 Å². The van der Waals surface area contributed by atoms with Gasteiger partial charge in [-0.15, -0.1) is 0 Å². The van der Waals surface area contributed by atoms with Crippen LogP contribution < -0.4 is 11.5 Å². The molecule has 5 N–H and O–H groups in total. The second-order valence-electron chi connectivity index (χ2n) is 6.79. The van der Waals surface area contributed by atoms with E-state index in [-0.39, 0.29) is 33.4 Å². The third-order valence-corrected chi connectivity index (χ3v) is 5.40. The Hall–Kier alpha value is -4.04. The number of nitrogens with zero attached hydrogens (tertiary/aromatic N) is 2. The Labute approximate surface area is 173 Å². The second kappa shape index (κ2) is 6.23. The van der Waals surface area contributed by atoms with Crippen molar-refractivity contribution in [1.82, 2.24) is 15.0 Å². The van der Waals surface area contributed by atoms with Crippen LogP contribution >= 0.6 is 11.6 Å². The minimum absolute atomic E-state index is 0.0478. The fourth-order valence-corrected chi connectivity index (χ4v) is 3.76. The van der Waals surface area contributed by atoms with Crippen LogP contribution in [0.2, 0.25) is 0 Å². The predicted molar refractivity (Wildman–Crippen MR) is 111 cm³/mol. The number of nitrogens with two attached hydrogens (primary N) is 2. The maximum atomic E-state index is 12.6. The molecule has 0 unspecified atom stereocenters. The van der Waals surface area contributed by atoms with E-state index in [1.807, 2.05) is 24.3 Å². The lowest BCUT2D eigenvalue weighted by molar-refractivity contribution is 0.0976. The number of amides is 1. The van der Waals surface area contributed by atoms with Crippen molar-refractivity contribution >= 4 is 50.9 Å². The maximum Gasteiger partial charge on any atom is 0.267 e. The Bertz CT molecular complexity index is 1490. The zero-order valence-electron chi connectivity index (χ0n) is 15.2. The lowest BCUT2D eigenvalue weighted by Crippen LogP contribution is -2.26. The summed E-state index contributed by atoms with van der Waals surface area (Å²) in [5.74, 6) is -1.92. The van der Waals surface area contributed by atoms with Crippen molar-refractivity contribution in [3.8, 4) is 11.4 Å². The van der Waals surface area contributed by atoms with Crippen LogP contribution in [0.25, 0.3) is 33.2 Å². The lowest BCUT2D eigenvalue weighted by Gasteiger charge is -2.15. The third-order valence-electron chi connectivity index (χ3n) is 5.03. The summed E-state index contributed by atoms with van der Waals surface area (Å²) in [6.07, 6.45) is 0. The van der Waals surface area contributed by atoms with Crippen molar-refractivity contribution in [3.63, 3.8) is 0 Å². The number of benzene rings is 1. The van der Waals surface area contributed by atoms with Crippen molar-refractivity contribution in [1.29, 1.82) is 0 Å². The molecule has 3 aromatic heterocycles. The van der Waals surface area contributed by atoms with Gasteiger partial charge in [0.15, 0.2) is 0 Å². The molecule has 0 saturated heterocycles. The Kier molecular flexibility index (Phi) is 3.74.